The predicted octanol–water partition coefficient (Wildman–Crippen LogP) is 3.37. The Kier molecular flexibility index (Phi) is 5.26. The maximum atomic E-state index is 4.14. The Bertz CT molecular complexity index is 301. The summed E-state index contributed by atoms with van der Waals surface area (Å²) in [5.74, 6) is 0.713. The molecular weight excluding hydrogens is 252 g/mol. The molecule has 15 heavy (non-hydrogen) atoms. The number of pyridine rings is 1. The summed E-state index contributed by atoms with van der Waals surface area (Å²) >= 11 is 3.42. The molecule has 0 aromatic carbocycles. The van der Waals surface area contributed by atoms with Gasteiger partial charge < -0.3 is 5.32 Å². The highest BCUT2D eigenvalue weighted by Gasteiger charge is 2.08. The molecule has 2 atom stereocenters. The van der Waals surface area contributed by atoms with Crippen LogP contribution in [-0.4, -0.2) is 11.0 Å². The molecule has 2 unspecified atom stereocenters. The molecule has 0 radical (unpaired) electrons. The van der Waals surface area contributed by atoms with E-state index in [4.69, 9.17) is 0 Å². The monoisotopic (exact) mass is 270 g/mol. The van der Waals surface area contributed by atoms with Crippen molar-refractivity contribution in [3.05, 3.63) is 28.5 Å². The minimum Gasteiger partial charge on any atom is -0.310 e. The van der Waals surface area contributed by atoms with Gasteiger partial charge in [-0.1, -0.05) is 20.3 Å². The van der Waals surface area contributed by atoms with E-state index in [0.29, 0.717) is 12.0 Å². The van der Waals surface area contributed by atoms with E-state index in [-0.39, 0.29) is 0 Å². The van der Waals surface area contributed by atoms with Crippen LogP contribution in [0.15, 0.2) is 22.9 Å². The van der Waals surface area contributed by atoms with E-state index in [2.05, 4.69) is 53.1 Å². The molecule has 0 aliphatic carbocycles. The first-order chi connectivity index (χ1) is 7.13. The Morgan fingerprint density at radius 2 is 2.13 bits per heavy atom. The highest BCUT2D eigenvalue weighted by molar-refractivity contribution is 9.10. The van der Waals surface area contributed by atoms with Gasteiger partial charge in [-0.25, -0.2) is 0 Å². The topological polar surface area (TPSA) is 24.9 Å². The zero-order valence-corrected chi connectivity index (χ0v) is 11.2. The van der Waals surface area contributed by atoms with Gasteiger partial charge in [0.2, 0.25) is 0 Å². The van der Waals surface area contributed by atoms with Crippen LogP contribution in [0.1, 0.15) is 32.8 Å². The number of rotatable bonds is 5. The van der Waals surface area contributed by atoms with Gasteiger partial charge in [-0.3, -0.25) is 4.98 Å². The average Bonchev–Trinajstić information content (AvgIpc) is 2.25. The SMILES string of the molecule is CCC(C)C(C)NCc1cncc(Br)c1. The molecular formula is C12H19BrN2. The minimum absolute atomic E-state index is 0.550. The third kappa shape index (κ3) is 4.31. The standard InChI is InChI=1S/C12H19BrN2/c1-4-9(2)10(3)15-7-11-5-12(13)8-14-6-11/h5-6,8-10,15H,4,7H2,1-3H3. The lowest BCUT2D eigenvalue weighted by molar-refractivity contribution is 0.389. The predicted molar refractivity (Wildman–Crippen MR) is 67.7 cm³/mol. The first-order valence-corrected chi connectivity index (χ1v) is 6.25. The van der Waals surface area contributed by atoms with Crippen molar-refractivity contribution in [3.8, 4) is 0 Å². The number of hydrogen-bond acceptors (Lipinski definition) is 2. The first-order valence-electron chi connectivity index (χ1n) is 5.46. The van der Waals surface area contributed by atoms with Gasteiger partial charge >= 0.3 is 0 Å². The molecule has 2 nitrogen and oxygen atoms in total. The summed E-state index contributed by atoms with van der Waals surface area (Å²) in [7, 11) is 0. The van der Waals surface area contributed by atoms with Crippen molar-refractivity contribution in [1.82, 2.24) is 10.3 Å². The highest BCUT2D eigenvalue weighted by atomic mass is 79.9. The van der Waals surface area contributed by atoms with E-state index in [1.807, 2.05) is 12.4 Å². The van der Waals surface area contributed by atoms with Gasteiger partial charge in [0.25, 0.3) is 0 Å². The fourth-order valence-corrected chi connectivity index (χ4v) is 1.80. The normalized spacial score (nSPS) is 14.9. The lowest BCUT2D eigenvalue weighted by Gasteiger charge is -2.19. The molecule has 0 saturated carbocycles. The van der Waals surface area contributed by atoms with Crippen molar-refractivity contribution in [2.24, 2.45) is 5.92 Å². The third-order valence-electron chi connectivity index (χ3n) is 2.89. The van der Waals surface area contributed by atoms with Crippen molar-refractivity contribution >= 4 is 15.9 Å². The molecule has 0 spiro atoms. The van der Waals surface area contributed by atoms with Gasteiger partial charge in [0.15, 0.2) is 0 Å². The van der Waals surface area contributed by atoms with Gasteiger partial charge in [-0.15, -0.1) is 0 Å². The van der Waals surface area contributed by atoms with E-state index in [1.165, 1.54) is 12.0 Å². The zero-order valence-electron chi connectivity index (χ0n) is 9.63. The number of aromatic nitrogens is 1. The summed E-state index contributed by atoms with van der Waals surface area (Å²) in [4.78, 5) is 4.14. The van der Waals surface area contributed by atoms with E-state index in [9.17, 15) is 0 Å². The Labute approximate surface area is 101 Å². The van der Waals surface area contributed by atoms with Crippen molar-refractivity contribution < 1.29 is 0 Å². The second-order valence-electron chi connectivity index (χ2n) is 4.07. The van der Waals surface area contributed by atoms with Crippen LogP contribution in [0, 0.1) is 5.92 Å². The minimum atomic E-state index is 0.550. The van der Waals surface area contributed by atoms with E-state index in [0.717, 1.165) is 11.0 Å². The van der Waals surface area contributed by atoms with Gasteiger partial charge in [0.05, 0.1) is 0 Å². The van der Waals surface area contributed by atoms with Crippen LogP contribution in [-0.2, 0) is 6.54 Å². The first kappa shape index (κ1) is 12.7. The molecule has 1 heterocycles. The fourth-order valence-electron chi connectivity index (χ4n) is 1.39. The van der Waals surface area contributed by atoms with Crippen molar-refractivity contribution in [2.75, 3.05) is 0 Å². The molecule has 1 rings (SSSR count). The smallest absolute Gasteiger partial charge is 0.0410 e. The quantitative estimate of drug-likeness (QED) is 0.888. The fraction of sp³-hybridized carbons (Fsp3) is 0.583. The Hall–Kier alpha value is -0.410. The Morgan fingerprint density at radius 3 is 2.73 bits per heavy atom. The lowest BCUT2D eigenvalue weighted by Crippen LogP contribution is -2.31. The maximum absolute atomic E-state index is 4.14. The van der Waals surface area contributed by atoms with E-state index >= 15 is 0 Å². The van der Waals surface area contributed by atoms with Crippen molar-refractivity contribution in [2.45, 2.75) is 39.8 Å². The van der Waals surface area contributed by atoms with Crippen LogP contribution in [0.4, 0.5) is 0 Å². The number of nitrogens with zero attached hydrogens (tertiary/aromatic N) is 1. The summed E-state index contributed by atoms with van der Waals surface area (Å²) in [5, 5.41) is 3.52. The molecule has 0 saturated heterocycles. The summed E-state index contributed by atoms with van der Waals surface area (Å²) < 4.78 is 1.04. The summed E-state index contributed by atoms with van der Waals surface area (Å²) in [6.45, 7) is 7.62. The number of halogens is 1. The van der Waals surface area contributed by atoms with Crippen LogP contribution in [0.25, 0.3) is 0 Å². The lowest BCUT2D eigenvalue weighted by atomic mass is 10.0. The van der Waals surface area contributed by atoms with Crippen molar-refractivity contribution in [3.63, 3.8) is 0 Å². The van der Waals surface area contributed by atoms with Gasteiger partial charge in [-0.2, -0.15) is 0 Å². The largest absolute Gasteiger partial charge is 0.310 e. The summed E-state index contributed by atoms with van der Waals surface area (Å²) in [6.07, 6.45) is 4.92. The summed E-state index contributed by atoms with van der Waals surface area (Å²) in [5.41, 5.74) is 1.22. The van der Waals surface area contributed by atoms with E-state index < -0.39 is 0 Å². The molecule has 0 aliphatic rings. The van der Waals surface area contributed by atoms with E-state index in [1.54, 1.807) is 0 Å². The van der Waals surface area contributed by atoms with Gasteiger partial charge in [-0.05, 0) is 40.4 Å². The van der Waals surface area contributed by atoms with Crippen molar-refractivity contribution in [1.29, 1.82) is 0 Å². The maximum Gasteiger partial charge on any atom is 0.0410 e. The molecule has 0 bridgehead atoms. The molecule has 0 fully saturated rings. The van der Waals surface area contributed by atoms with Crippen LogP contribution >= 0.6 is 15.9 Å². The van der Waals surface area contributed by atoms with Gasteiger partial charge in [0.1, 0.15) is 0 Å². The highest BCUT2D eigenvalue weighted by Crippen LogP contribution is 2.11. The number of nitrogens with one attached hydrogen (secondary N) is 1. The molecule has 0 aliphatic heterocycles. The molecule has 3 heteroatoms. The molecule has 84 valence electrons. The van der Waals surface area contributed by atoms with Crippen LogP contribution in [0.2, 0.25) is 0 Å². The average molecular weight is 271 g/mol. The Morgan fingerprint density at radius 1 is 1.40 bits per heavy atom. The van der Waals surface area contributed by atoms with Gasteiger partial charge in [0, 0.05) is 29.5 Å². The van der Waals surface area contributed by atoms with Crippen LogP contribution < -0.4 is 5.32 Å². The van der Waals surface area contributed by atoms with Crippen LogP contribution in [0.5, 0.6) is 0 Å². The molecule has 1 aromatic rings. The number of hydrogen-bond donors (Lipinski definition) is 1. The van der Waals surface area contributed by atoms with Crippen LogP contribution in [0.3, 0.4) is 0 Å². The summed E-state index contributed by atoms with van der Waals surface area (Å²) in [6, 6.07) is 2.65. The third-order valence-corrected chi connectivity index (χ3v) is 3.32. The molecule has 0 amide bonds. The second-order valence-corrected chi connectivity index (χ2v) is 4.98. The molecule has 1 N–H and O–H groups in total. The zero-order chi connectivity index (χ0) is 11.3. The Balaban J connectivity index is 2.43. The molecule has 1 aromatic heterocycles. The second kappa shape index (κ2) is 6.23.